The van der Waals surface area contributed by atoms with Gasteiger partial charge in [0.1, 0.15) is 11.6 Å². The Morgan fingerprint density at radius 3 is 3.06 bits per heavy atom. The van der Waals surface area contributed by atoms with Crippen molar-refractivity contribution in [2.24, 2.45) is 0 Å². The van der Waals surface area contributed by atoms with Crippen molar-refractivity contribution in [2.45, 2.75) is 26.1 Å². The summed E-state index contributed by atoms with van der Waals surface area (Å²) in [6.07, 6.45) is -0.0150. The molecule has 0 bridgehead atoms. The summed E-state index contributed by atoms with van der Waals surface area (Å²) < 4.78 is 5.63. The Morgan fingerprint density at radius 2 is 2.33 bits per heavy atom. The average Bonchev–Trinajstić information content (AvgIpc) is 2.39. The minimum absolute atomic E-state index is 0.0493. The average molecular weight is 251 g/mol. The summed E-state index contributed by atoms with van der Waals surface area (Å²) >= 11 is 0. The lowest BCUT2D eigenvalue weighted by Gasteiger charge is -2.36. The summed E-state index contributed by atoms with van der Waals surface area (Å²) in [5.41, 5.74) is 0. The van der Waals surface area contributed by atoms with Gasteiger partial charge in [-0.05, 0) is 26.0 Å². The Bertz CT molecular complexity index is 386. The second-order valence-electron chi connectivity index (χ2n) is 4.57. The van der Waals surface area contributed by atoms with Crippen LogP contribution in [0.2, 0.25) is 0 Å². The molecule has 2 heterocycles. The zero-order valence-corrected chi connectivity index (χ0v) is 11.0. The number of ether oxygens (including phenoxy) is 1. The number of hydrogen-bond acceptors (Lipinski definition) is 5. The van der Waals surface area contributed by atoms with E-state index in [1.165, 1.54) is 0 Å². The maximum absolute atomic E-state index is 9.23. The molecule has 2 rings (SSSR count). The molecule has 1 fully saturated rings. The normalized spacial score (nSPS) is 24.1. The largest absolute Gasteiger partial charge is 0.394 e. The number of aliphatic hydroxyl groups excluding tert-OH is 1. The summed E-state index contributed by atoms with van der Waals surface area (Å²) in [7, 11) is 0. The molecule has 0 amide bonds. The van der Waals surface area contributed by atoms with Gasteiger partial charge < -0.3 is 20.1 Å². The number of morpholine rings is 1. The van der Waals surface area contributed by atoms with Crippen molar-refractivity contribution in [1.29, 1.82) is 0 Å². The van der Waals surface area contributed by atoms with E-state index < -0.39 is 0 Å². The zero-order valence-electron chi connectivity index (χ0n) is 11.0. The number of hydrogen-bond donors (Lipinski definition) is 2. The summed E-state index contributed by atoms with van der Waals surface area (Å²) in [6, 6.07) is 5.95. The van der Waals surface area contributed by atoms with Crippen molar-refractivity contribution >= 4 is 11.6 Å². The lowest BCUT2D eigenvalue weighted by atomic mass is 10.2. The van der Waals surface area contributed by atoms with Crippen molar-refractivity contribution in [2.75, 3.05) is 36.5 Å². The Hall–Kier alpha value is -1.33. The third-order valence-electron chi connectivity index (χ3n) is 2.95. The maximum Gasteiger partial charge on any atom is 0.131 e. The fourth-order valence-corrected chi connectivity index (χ4v) is 2.21. The van der Waals surface area contributed by atoms with Crippen LogP contribution in [0.4, 0.5) is 11.6 Å². The molecule has 2 unspecified atom stereocenters. The van der Waals surface area contributed by atoms with Crippen LogP contribution in [0.15, 0.2) is 18.2 Å². The van der Waals surface area contributed by atoms with Crippen LogP contribution < -0.4 is 10.2 Å². The van der Waals surface area contributed by atoms with E-state index in [9.17, 15) is 5.11 Å². The van der Waals surface area contributed by atoms with Crippen LogP contribution in [-0.4, -0.2) is 48.5 Å². The summed E-state index contributed by atoms with van der Waals surface area (Å²) in [4.78, 5) is 6.73. The van der Waals surface area contributed by atoms with Crippen LogP contribution in [0.25, 0.3) is 0 Å². The molecular formula is C13H21N3O2. The molecule has 0 aromatic carbocycles. The number of aliphatic hydroxyl groups is 1. The molecule has 2 atom stereocenters. The first-order valence-electron chi connectivity index (χ1n) is 6.45. The quantitative estimate of drug-likeness (QED) is 0.839. The predicted octanol–water partition coefficient (Wildman–Crippen LogP) is 1.10. The predicted molar refractivity (Wildman–Crippen MR) is 72.0 cm³/mol. The third-order valence-corrected chi connectivity index (χ3v) is 2.95. The first kappa shape index (κ1) is 13.1. The van der Waals surface area contributed by atoms with Crippen molar-refractivity contribution in [3.05, 3.63) is 18.2 Å². The molecule has 1 saturated heterocycles. The van der Waals surface area contributed by atoms with E-state index in [4.69, 9.17) is 4.74 Å². The number of anilines is 2. The molecule has 1 aromatic rings. The summed E-state index contributed by atoms with van der Waals surface area (Å²) in [5, 5.41) is 12.4. The van der Waals surface area contributed by atoms with Gasteiger partial charge in [-0.1, -0.05) is 6.07 Å². The molecule has 0 saturated carbocycles. The summed E-state index contributed by atoms with van der Waals surface area (Å²) in [5.74, 6) is 1.82. The van der Waals surface area contributed by atoms with Crippen LogP contribution in [0.5, 0.6) is 0 Å². The van der Waals surface area contributed by atoms with Gasteiger partial charge in [-0.2, -0.15) is 0 Å². The van der Waals surface area contributed by atoms with E-state index in [2.05, 4.69) is 15.2 Å². The molecule has 1 aliphatic heterocycles. The maximum atomic E-state index is 9.23. The van der Waals surface area contributed by atoms with Gasteiger partial charge in [-0.25, -0.2) is 4.98 Å². The van der Waals surface area contributed by atoms with Gasteiger partial charge in [-0.3, -0.25) is 0 Å². The molecule has 5 nitrogen and oxygen atoms in total. The Labute approximate surface area is 108 Å². The van der Waals surface area contributed by atoms with E-state index in [1.807, 2.05) is 32.0 Å². The van der Waals surface area contributed by atoms with Crippen LogP contribution in [0.3, 0.4) is 0 Å². The van der Waals surface area contributed by atoms with Gasteiger partial charge in [0.05, 0.1) is 18.8 Å². The lowest BCUT2D eigenvalue weighted by Crippen LogP contribution is -2.48. The fraction of sp³-hybridized carbons (Fsp3) is 0.615. The van der Waals surface area contributed by atoms with E-state index in [0.717, 1.165) is 24.7 Å². The van der Waals surface area contributed by atoms with Crippen molar-refractivity contribution in [3.8, 4) is 0 Å². The van der Waals surface area contributed by atoms with Crippen LogP contribution in [0.1, 0.15) is 13.8 Å². The Balaban J connectivity index is 2.11. The zero-order chi connectivity index (χ0) is 13.0. The minimum atomic E-state index is -0.127. The monoisotopic (exact) mass is 251 g/mol. The van der Waals surface area contributed by atoms with E-state index >= 15 is 0 Å². The second kappa shape index (κ2) is 6.02. The topological polar surface area (TPSA) is 57.6 Å². The van der Waals surface area contributed by atoms with Gasteiger partial charge in [0, 0.05) is 19.6 Å². The molecule has 5 heteroatoms. The van der Waals surface area contributed by atoms with E-state index in [-0.39, 0.29) is 18.8 Å². The van der Waals surface area contributed by atoms with Gasteiger partial charge in [-0.15, -0.1) is 0 Å². The second-order valence-corrected chi connectivity index (χ2v) is 4.57. The number of pyridine rings is 1. The van der Waals surface area contributed by atoms with Crippen LogP contribution in [-0.2, 0) is 4.74 Å². The molecule has 0 spiro atoms. The van der Waals surface area contributed by atoms with Crippen molar-refractivity contribution in [1.82, 2.24) is 4.98 Å². The SMILES string of the molecule is CCNc1cccc(N2CC(C)OC(CO)C2)n1. The molecule has 18 heavy (non-hydrogen) atoms. The van der Waals surface area contributed by atoms with E-state index in [0.29, 0.717) is 6.54 Å². The minimum Gasteiger partial charge on any atom is -0.394 e. The Morgan fingerprint density at radius 1 is 1.50 bits per heavy atom. The highest BCUT2D eigenvalue weighted by molar-refractivity contribution is 5.47. The molecule has 100 valence electrons. The molecular weight excluding hydrogens is 230 g/mol. The highest BCUT2D eigenvalue weighted by Crippen LogP contribution is 2.19. The van der Waals surface area contributed by atoms with Crippen LogP contribution >= 0.6 is 0 Å². The smallest absolute Gasteiger partial charge is 0.131 e. The molecule has 0 aliphatic carbocycles. The summed E-state index contributed by atoms with van der Waals surface area (Å²) in [6.45, 7) is 6.46. The highest BCUT2D eigenvalue weighted by atomic mass is 16.5. The van der Waals surface area contributed by atoms with Crippen molar-refractivity contribution in [3.63, 3.8) is 0 Å². The molecule has 0 radical (unpaired) electrons. The fourth-order valence-electron chi connectivity index (χ4n) is 2.21. The van der Waals surface area contributed by atoms with Gasteiger partial charge in [0.2, 0.25) is 0 Å². The number of aromatic nitrogens is 1. The highest BCUT2D eigenvalue weighted by Gasteiger charge is 2.25. The first-order chi connectivity index (χ1) is 8.72. The van der Waals surface area contributed by atoms with Gasteiger partial charge in [0.25, 0.3) is 0 Å². The number of rotatable bonds is 4. The van der Waals surface area contributed by atoms with Crippen LogP contribution in [0, 0.1) is 0 Å². The third kappa shape index (κ3) is 3.11. The van der Waals surface area contributed by atoms with Gasteiger partial charge in [0.15, 0.2) is 0 Å². The Kier molecular flexibility index (Phi) is 4.38. The van der Waals surface area contributed by atoms with Crippen molar-refractivity contribution < 1.29 is 9.84 Å². The number of nitrogens with one attached hydrogen (secondary N) is 1. The molecule has 2 N–H and O–H groups in total. The van der Waals surface area contributed by atoms with Gasteiger partial charge >= 0.3 is 0 Å². The lowest BCUT2D eigenvalue weighted by molar-refractivity contribution is -0.0422. The first-order valence-corrected chi connectivity index (χ1v) is 6.45. The van der Waals surface area contributed by atoms with E-state index in [1.54, 1.807) is 0 Å². The standard InChI is InChI=1S/C13H21N3O2/c1-3-14-12-5-4-6-13(15-12)16-7-10(2)18-11(8-16)9-17/h4-6,10-11,17H,3,7-9H2,1-2H3,(H,14,15). The molecule has 1 aromatic heterocycles. The number of nitrogens with zero attached hydrogens (tertiary/aromatic N) is 2. The molecule has 1 aliphatic rings.